The van der Waals surface area contributed by atoms with Gasteiger partial charge in [-0.25, -0.2) is 0 Å². The lowest BCUT2D eigenvalue weighted by atomic mass is 9.97. The Balaban J connectivity index is 1.71. The molecule has 20 heavy (non-hydrogen) atoms. The second kappa shape index (κ2) is 6.27. The summed E-state index contributed by atoms with van der Waals surface area (Å²) in [5.74, 6) is 0.976. The van der Waals surface area contributed by atoms with Crippen LogP contribution in [0.5, 0.6) is 0 Å². The van der Waals surface area contributed by atoms with Gasteiger partial charge in [-0.15, -0.1) is 11.3 Å². The smallest absolute Gasteiger partial charge is 0.264 e. The summed E-state index contributed by atoms with van der Waals surface area (Å²) in [6, 6.07) is 2.62. The number of aryl methyl sites for hydroxylation is 1. The van der Waals surface area contributed by atoms with Crippen molar-refractivity contribution in [3.05, 3.63) is 21.9 Å². The van der Waals surface area contributed by atoms with Crippen LogP contribution in [-0.4, -0.2) is 36.5 Å². The van der Waals surface area contributed by atoms with Gasteiger partial charge < -0.3 is 10.2 Å². The highest BCUT2D eigenvalue weighted by Crippen LogP contribution is 2.32. The van der Waals surface area contributed by atoms with Gasteiger partial charge in [0.05, 0.1) is 4.88 Å². The van der Waals surface area contributed by atoms with E-state index in [2.05, 4.69) is 28.6 Å². The summed E-state index contributed by atoms with van der Waals surface area (Å²) in [4.78, 5) is 16.0. The molecule has 2 fully saturated rings. The van der Waals surface area contributed by atoms with E-state index < -0.39 is 0 Å². The Morgan fingerprint density at radius 2 is 2.10 bits per heavy atom. The van der Waals surface area contributed by atoms with Crippen LogP contribution in [-0.2, 0) is 6.42 Å². The fraction of sp³-hybridized carbons (Fsp3) is 0.688. The Hall–Kier alpha value is -0.870. The van der Waals surface area contributed by atoms with Gasteiger partial charge in [0.25, 0.3) is 5.91 Å². The van der Waals surface area contributed by atoms with Crippen LogP contribution in [0.1, 0.15) is 47.8 Å². The molecule has 3 nitrogen and oxygen atoms in total. The molecule has 1 saturated carbocycles. The highest BCUT2D eigenvalue weighted by Gasteiger charge is 2.35. The number of piperidine rings is 1. The Labute approximate surface area is 125 Å². The number of rotatable bonds is 5. The van der Waals surface area contributed by atoms with E-state index >= 15 is 0 Å². The number of nitrogens with zero attached hydrogens (tertiary/aromatic N) is 1. The lowest BCUT2D eigenvalue weighted by Gasteiger charge is -2.30. The van der Waals surface area contributed by atoms with E-state index in [4.69, 9.17) is 0 Å². The molecule has 0 spiro atoms. The monoisotopic (exact) mass is 292 g/mol. The normalized spacial score (nSPS) is 20.1. The van der Waals surface area contributed by atoms with E-state index in [1.165, 1.54) is 31.2 Å². The second-order valence-electron chi connectivity index (χ2n) is 6.01. The standard InChI is InChI=1S/C16H24N2OS/c1-2-13-7-10-20-15(13)16(19)18(14-3-4-14)11-12-5-8-17-9-6-12/h7,10,12,14,17H,2-6,8-9,11H2,1H3. The number of hydrogen-bond donors (Lipinski definition) is 1. The summed E-state index contributed by atoms with van der Waals surface area (Å²) in [6.07, 6.45) is 5.77. The fourth-order valence-corrected chi connectivity index (χ4v) is 4.01. The van der Waals surface area contributed by atoms with Crippen molar-refractivity contribution in [2.45, 2.75) is 45.1 Å². The topological polar surface area (TPSA) is 32.3 Å². The van der Waals surface area contributed by atoms with Crippen LogP contribution in [0.4, 0.5) is 0 Å². The molecule has 1 saturated heterocycles. The highest BCUT2D eigenvalue weighted by atomic mass is 32.1. The molecule has 110 valence electrons. The molecule has 0 aromatic carbocycles. The summed E-state index contributed by atoms with van der Waals surface area (Å²) in [5, 5.41) is 5.46. The molecule has 1 aliphatic heterocycles. The predicted molar refractivity (Wildman–Crippen MR) is 83.3 cm³/mol. The summed E-state index contributed by atoms with van der Waals surface area (Å²) < 4.78 is 0. The molecular weight excluding hydrogens is 268 g/mol. The minimum Gasteiger partial charge on any atom is -0.335 e. The SMILES string of the molecule is CCc1ccsc1C(=O)N(CC1CCNCC1)C1CC1. The summed E-state index contributed by atoms with van der Waals surface area (Å²) in [5.41, 5.74) is 1.22. The zero-order valence-electron chi connectivity index (χ0n) is 12.2. The molecule has 0 radical (unpaired) electrons. The Morgan fingerprint density at radius 1 is 1.35 bits per heavy atom. The van der Waals surface area contributed by atoms with Crippen molar-refractivity contribution in [3.63, 3.8) is 0 Å². The van der Waals surface area contributed by atoms with E-state index in [0.29, 0.717) is 12.0 Å². The minimum atomic E-state index is 0.290. The first kappa shape index (κ1) is 14.1. The van der Waals surface area contributed by atoms with E-state index in [0.717, 1.165) is 30.9 Å². The Morgan fingerprint density at radius 3 is 2.75 bits per heavy atom. The van der Waals surface area contributed by atoms with E-state index in [1.54, 1.807) is 11.3 Å². The number of carbonyl (C=O) groups excluding carboxylic acids is 1. The molecular formula is C16H24N2OS. The van der Waals surface area contributed by atoms with Crippen LogP contribution >= 0.6 is 11.3 Å². The molecule has 1 amide bonds. The third-order valence-electron chi connectivity index (χ3n) is 4.48. The molecule has 2 heterocycles. The summed E-state index contributed by atoms with van der Waals surface area (Å²) in [7, 11) is 0. The fourth-order valence-electron chi connectivity index (χ4n) is 3.06. The highest BCUT2D eigenvalue weighted by molar-refractivity contribution is 7.12. The Kier molecular flexibility index (Phi) is 4.41. The van der Waals surface area contributed by atoms with Gasteiger partial charge in [0, 0.05) is 12.6 Å². The summed E-state index contributed by atoms with van der Waals surface area (Å²) >= 11 is 1.61. The maximum absolute atomic E-state index is 12.9. The third kappa shape index (κ3) is 3.07. The van der Waals surface area contributed by atoms with Gasteiger partial charge in [-0.2, -0.15) is 0 Å². The lowest BCUT2D eigenvalue weighted by Crippen LogP contribution is -2.40. The average Bonchev–Trinajstić information content (AvgIpc) is 3.21. The van der Waals surface area contributed by atoms with Crippen molar-refractivity contribution in [1.82, 2.24) is 10.2 Å². The van der Waals surface area contributed by atoms with Crippen molar-refractivity contribution >= 4 is 17.2 Å². The first-order valence-corrected chi connectivity index (χ1v) is 8.75. The average molecular weight is 292 g/mol. The van der Waals surface area contributed by atoms with Crippen molar-refractivity contribution in [2.24, 2.45) is 5.92 Å². The molecule has 3 rings (SSSR count). The largest absolute Gasteiger partial charge is 0.335 e. The van der Waals surface area contributed by atoms with Gasteiger partial charge in [0.2, 0.25) is 0 Å². The molecule has 0 bridgehead atoms. The van der Waals surface area contributed by atoms with Gasteiger partial charge in [-0.3, -0.25) is 4.79 Å². The van der Waals surface area contributed by atoms with Crippen LogP contribution in [0.15, 0.2) is 11.4 Å². The Bertz CT molecular complexity index is 461. The van der Waals surface area contributed by atoms with Crippen molar-refractivity contribution in [3.8, 4) is 0 Å². The molecule has 0 unspecified atom stereocenters. The quantitative estimate of drug-likeness (QED) is 0.905. The molecule has 1 N–H and O–H groups in total. The second-order valence-corrected chi connectivity index (χ2v) is 6.93. The molecule has 4 heteroatoms. The maximum Gasteiger partial charge on any atom is 0.264 e. The molecule has 1 aromatic rings. The van der Waals surface area contributed by atoms with Gasteiger partial charge in [0.1, 0.15) is 0 Å². The predicted octanol–water partition coefficient (Wildman–Crippen LogP) is 2.91. The third-order valence-corrected chi connectivity index (χ3v) is 5.43. The lowest BCUT2D eigenvalue weighted by molar-refractivity contribution is 0.0705. The van der Waals surface area contributed by atoms with Crippen LogP contribution in [0, 0.1) is 5.92 Å². The van der Waals surface area contributed by atoms with Crippen molar-refractivity contribution in [1.29, 1.82) is 0 Å². The first-order valence-electron chi connectivity index (χ1n) is 7.87. The van der Waals surface area contributed by atoms with Crippen molar-refractivity contribution < 1.29 is 4.79 Å². The van der Waals surface area contributed by atoms with E-state index in [9.17, 15) is 4.79 Å². The van der Waals surface area contributed by atoms with Gasteiger partial charge >= 0.3 is 0 Å². The number of thiophene rings is 1. The first-order chi connectivity index (χ1) is 9.79. The van der Waals surface area contributed by atoms with E-state index in [-0.39, 0.29) is 5.91 Å². The van der Waals surface area contributed by atoms with Crippen LogP contribution in [0.25, 0.3) is 0 Å². The number of carbonyl (C=O) groups is 1. The maximum atomic E-state index is 12.9. The molecule has 1 aromatic heterocycles. The number of hydrogen-bond acceptors (Lipinski definition) is 3. The molecule has 2 aliphatic rings. The van der Waals surface area contributed by atoms with Crippen LogP contribution in [0.2, 0.25) is 0 Å². The number of nitrogens with one attached hydrogen (secondary N) is 1. The number of amides is 1. The van der Waals surface area contributed by atoms with Crippen LogP contribution in [0.3, 0.4) is 0 Å². The van der Waals surface area contributed by atoms with Gasteiger partial charge in [0.15, 0.2) is 0 Å². The van der Waals surface area contributed by atoms with Crippen LogP contribution < -0.4 is 5.32 Å². The molecule has 0 atom stereocenters. The van der Waals surface area contributed by atoms with Gasteiger partial charge in [-0.1, -0.05) is 6.92 Å². The summed E-state index contributed by atoms with van der Waals surface area (Å²) in [6.45, 7) is 5.31. The van der Waals surface area contributed by atoms with Gasteiger partial charge in [-0.05, 0) is 68.1 Å². The van der Waals surface area contributed by atoms with E-state index in [1.807, 2.05) is 0 Å². The minimum absolute atomic E-state index is 0.290. The zero-order chi connectivity index (χ0) is 13.9. The van der Waals surface area contributed by atoms with Crippen molar-refractivity contribution in [2.75, 3.05) is 19.6 Å². The molecule has 1 aliphatic carbocycles. The zero-order valence-corrected chi connectivity index (χ0v) is 13.0.